The van der Waals surface area contributed by atoms with E-state index in [1.807, 2.05) is 58.0 Å². The molecular weight excluding hydrogens is 346 g/mol. The van der Waals surface area contributed by atoms with Gasteiger partial charge in [0.05, 0.1) is 0 Å². The van der Waals surface area contributed by atoms with Gasteiger partial charge in [0.1, 0.15) is 18.7 Å². The number of hydrogen-bond acceptors (Lipinski definition) is 4. The predicted octanol–water partition coefficient (Wildman–Crippen LogP) is 2.34. The fraction of sp³-hybridized carbons (Fsp3) is 0.550. The number of rotatable bonds is 10. The lowest BCUT2D eigenvalue weighted by atomic mass is 9.97. The predicted molar refractivity (Wildman–Crippen MR) is 104 cm³/mol. The third kappa shape index (κ3) is 8.11. The summed E-state index contributed by atoms with van der Waals surface area (Å²) in [7, 11) is 0. The largest absolute Gasteiger partial charge is 0.445 e. The van der Waals surface area contributed by atoms with Crippen LogP contribution in [0.3, 0.4) is 0 Å². The first kappa shape index (κ1) is 22.5. The van der Waals surface area contributed by atoms with Crippen molar-refractivity contribution >= 4 is 17.9 Å². The first-order valence-electron chi connectivity index (χ1n) is 9.31. The molecule has 150 valence electrons. The summed E-state index contributed by atoms with van der Waals surface area (Å²) in [5, 5.41) is 5.26. The number of carbonyl (C=O) groups is 3. The number of ether oxygens (including phenoxy) is 1. The first-order chi connectivity index (χ1) is 12.7. The Morgan fingerprint density at radius 2 is 1.70 bits per heavy atom. The summed E-state index contributed by atoms with van der Waals surface area (Å²) in [6.07, 6.45) is 0.423. The van der Waals surface area contributed by atoms with Crippen LogP contribution in [0.5, 0.6) is 0 Å². The minimum atomic E-state index is -0.806. The Balaban J connectivity index is 2.71. The molecule has 7 nitrogen and oxygen atoms in total. The van der Waals surface area contributed by atoms with Crippen LogP contribution in [-0.2, 0) is 20.9 Å². The topological polar surface area (TPSA) is 111 Å². The number of hydrogen-bond donors (Lipinski definition) is 3. The molecule has 27 heavy (non-hydrogen) atoms. The maximum Gasteiger partial charge on any atom is 0.408 e. The lowest BCUT2D eigenvalue weighted by molar-refractivity contribution is -0.129. The van der Waals surface area contributed by atoms with Gasteiger partial charge in [-0.25, -0.2) is 4.79 Å². The van der Waals surface area contributed by atoms with E-state index in [1.54, 1.807) is 0 Å². The Morgan fingerprint density at radius 1 is 1.07 bits per heavy atom. The normalized spacial score (nSPS) is 14.1. The summed E-state index contributed by atoms with van der Waals surface area (Å²) in [4.78, 5) is 36.4. The molecule has 0 spiro atoms. The van der Waals surface area contributed by atoms with Gasteiger partial charge in [0.15, 0.2) is 0 Å². The van der Waals surface area contributed by atoms with Crippen LogP contribution in [0.15, 0.2) is 30.3 Å². The third-order valence-corrected chi connectivity index (χ3v) is 4.35. The van der Waals surface area contributed by atoms with Gasteiger partial charge in [0, 0.05) is 0 Å². The van der Waals surface area contributed by atoms with Gasteiger partial charge in [-0.3, -0.25) is 9.59 Å². The van der Waals surface area contributed by atoms with Crippen LogP contribution in [0.1, 0.15) is 46.1 Å². The highest BCUT2D eigenvalue weighted by molar-refractivity contribution is 5.90. The smallest absolute Gasteiger partial charge is 0.408 e. The van der Waals surface area contributed by atoms with Crippen LogP contribution < -0.4 is 16.4 Å². The molecule has 0 aliphatic heterocycles. The fourth-order valence-corrected chi connectivity index (χ4v) is 2.59. The molecule has 0 saturated heterocycles. The van der Waals surface area contributed by atoms with Gasteiger partial charge >= 0.3 is 6.09 Å². The zero-order valence-corrected chi connectivity index (χ0v) is 16.5. The maximum absolute atomic E-state index is 12.6. The van der Waals surface area contributed by atoms with Gasteiger partial charge in [-0.05, 0) is 23.8 Å². The molecule has 0 aliphatic carbocycles. The van der Waals surface area contributed by atoms with E-state index in [1.165, 1.54) is 0 Å². The SMILES string of the molecule is CC[C@@H](C)[C@@H](NC(=O)[C@H](CC(C)C)NC(=O)OCc1ccccc1)C(N)=O. The lowest BCUT2D eigenvalue weighted by Crippen LogP contribution is -2.55. The summed E-state index contributed by atoms with van der Waals surface area (Å²) in [6.45, 7) is 7.75. The van der Waals surface area contributed by atoms with Gasteiger partial charge in [-0.15, -0.1) is 0 Å². The van der Waals surface area contributed by atoms with E-state index in [-0.39, 0.29) is 18.4 Å². The number of nitrogens with two attached hydrogens (primary N) is 1. The number of primary amides is 1. The Bertz CT molecular complexity index is 619. The van der Waals surface area contributed by atoms with Crippen molar-refractivity contribution in [1.29, 1.82) is 0 Å². The molecule has 3 amide bonds. The van der Waals surface area contributed by atoms with E-state index in [2.05, 4.69) is 10.6 Å². The van der Waals surface area contributed by atoms with Crippen LogP contribution in [-0.4, -0.2) is 30.0 Å². The highest BCUT2D eigenvalue weighted by atomic mass is 16.5. The van der Waals surface area contributed by atoms with Crippen LogP contribution >= 0.6 is 0 Å². The average Bonchev–Trinajstić information content (AvgIpc) is 2.63. The van der Waals surface area contributed by atoms with Crippen molar-refractivity contribution in [3.63, 3.8) is 0 Å². The van der Waals surface area contributed by atoms with Gasteiger partial charge in [-0.1, -0.05) is 64.4 Å². The summed E-state index contributed by atoms with van der Waals surface area (Å²) < 4.78 is 5.19. The van der Waals surface area contributed by atoms with E-state index >= 15 is 0 Å². The maximum atomic E-state index is 12.6. The molecule has 0 aliphatic rings. The monoisotopic (exact) mass is 377 g/mol. The minimum Gasteiger partial charge on any atom is -0.445 e. The molecule has 1 aromatic rings. The van der Waals surface area contributed by atoms with E-state index in [0.717, 1.165) is 5.56 Å². The van der Waals surface area contributed by atoms with Crippen LogP contribution in [0.25, 0.3) is 0 Å². The molecule has 0 aromatic heterocycles. The van der Waals surface area contributed by atoms with Gasteiger partial charge in [0.25, 0.3) is 0 Å². The molecule has 0 fully saturated rings. The van der Waals surface area contributed by atoms with Crippen molar-refractivity contribution in [1.82, 2.24) is 10.6 Å². The molecule has 7 heteroatoms. The minimum absolute atomic E-state index is 0.101. The van der Waals surface area contributed by atoms with Crippen molar-refractivity contribution in [3.05, 3.63) is 35.9 Å². The molecule has 0 bridgehead atoms. The quantitative estimate of drug-likeness (QED) is 0.581. The van der Waals surface area contributed by atoms with Gasteiger partial charge in [-0.2, -0.15) is 0 Å². The summed E-state index contributed by atoms with van der Waals surface area (Å²) in [5.74, 6) is -0.973. The zero-order chi connectivity index (χ0) is 20.4. The van der Waals surface area contributed by atoms with Crippen LogP contribution in [0.4, 0.5) is 4.79 Å². The Morgan fingerprint density at radius 3 is 2.22 bits per heavy atom. The molecule has 1 rings (SSSR count). The van der Waals surface area contributed by atoms with Crippen molar-refractivity contribution in [2.75, 3.05) is 0 Å². The summed E-state index contributed by atoms with van der Waals surface area (Å²) in [5.41, 5.74) is 6.26. The fourth-order valence-electron chi connectivity index (χ4n) is 2.59. The molecular formula is C20H31N3O4. The Hall–Kier alpha value is -2.57. The molecule has 3 atom stereocenters. The second-order valence-corrected chi connectivity index (χ2v) is 7.16. The van der Waals surface area contributed by atoms with Crippen molar-refractivity contribution in [3.8, 4) is 0 Å². The van der Waals surface area contributed by atoms with Crippen molar-refractivity contribution < 1.29 is 19.1 Å². The molecule has 0 saturated carbocycles. The second kappa shape index (κ2) is 11.2. The standard InChI is InChI=1S/C20H31N3O4/c1-5-14(4)17(18(21)24)23-19(25)16(11-13(2)3)22-20(26)27-12-15-9-7-6-8-10-15/h6-10,13-14,16-17H,5,11-12H2,1-4H3,(H2,21,24)(H,22,26)(H,23,25)/t14-,16+,17-/m1/s1. The number of benzene rings is 1. The van der Waals surface area contributed by atoms with Crippen LogP contribution in [0, 0.1) is 11.8 Å². The highest BCUT2D eigenvalue weighted by Crippen LogP contribution is 2.10. The van der Waals surface area contributed by atoms with Crippen molar-refractivity contribution in [2.45, 2.75) is 59.2 Å². The summed E-state index contributed by atoms with van der Waals surface area (Å²) in [6, 6.07) is 7.68. The lowest BCUT2D eigenvalue weighted by Gasteiger charge is -2.25. The van der Waals surface area contributed by atoms with Crippen molar-refractivity contribution in [2.24, 2.45) is 17.6 Å². The average molecular weight is 377 g/mol. The zero-order valence-electron chi connectivity index (χ0n) is 16.5. The molecule has 0 unspecified atom stereocenters. The first-order valence-corrected chi connectivity index (χ1v) is 9.31. The van der Waals surface area contributed by atoms with E-state index in [9.17, 15) is 14.4 Å². The summed E-state index contributed by atoms with van der Waals surface area (Å²) >= 11 is 0. The highest BCUT2D eigenvalue weighted by Gasteiger charge is 2.29. The molecule has 0 radical (unpaired) electrons. The molecule has 1 aromatic carbocycles. The number of alkyl carbamates (subject to hydrolysis) is 1. The number of carbonyl (C=O) groups excluding carboxylic acids is 3. The number of amides is 3. The molecule has 4 N–H and O–H groups in total. The molecule has 0 heterocycles. The second-order valence-electron chi connectivity index (χ2n) is 7.16. The van der Waals surface area contributed by atoms with E-state index in [4.69, 9.17) is 10.5 Å². The number of nitrogens with one attached hydrogen (secondary N) is 2. The van der Waals surface area contributed by atoms with Gasteiger partial charge in [0.2, 0.25) is 11.8 Å². The third-order valence-electron chi connectivity index (χ3n) is 4.35. The van der Waals surface area contributed by atoms with E-state index in [0.29, 0.717) is 12.8 Å². The Labute approximate surface area is 161 Å². The van der Waals surface area contributed by atoms with E-state index < -0.39 is 30.0 Å². The van der Waals surface area contributed by atoms with Crippen LogP contribution in [0.2, 0.25) is 0 Å². The Kier molecular flexibility index (Phi) is 9.33. The van der Waals surface area contributed by atoms with Gasteiger partial charge < -0.3 is 21.1 Å².